The van der Waals surface area contributed by atoms with Crippen LogP contribution in [0.15, 0.2) is 28.7 Å². The lowest BCUT2D eigenvalue weighted by atomic mass is 9.97. The lowest BCUT2D eigenvalue weighted by molar-refractivity contribution is 0.171. The molecular weight excluding hydrogens is 328 g/mol. The third-order valence-corrected chi connectivity index (χ3v) is 4.53. The summed E-state index contributed by atoms with van der Waals surface area (Å²) in [5.74, 6) is 1.81. The van der Waals surface area contributed by atoms with Gasteiger partial charge < -0.3 is 10.1 Å². The van der Waals surface area contributed by atoms with Crippen molar-refractivity contribution in [1.82, 2.24) is 10.2 Å². The van der Waals surface area contributed by atoms with E-state index >= 15 is 0 Å². The van der Waals surface area contributed by atoms with Gasteiger partial charge in [-0.3, -0.25) is 4.90 Å². The number of ether oxygens (including phenoxy) is 1. The zero-order valence-corrected chi connectivity index (χ0v) is 14.6. The molecule has 4 heteroatoms. The molecule has 2 rings (SSSR count). The number of nitrogens with zero attached hydrogens (tertiary/aromatic N) is 1. The average molecular weight is 355 g/mol. The lowest BCUT2D eigenvalue weighted by Gasteiger charge is -2.29. The number of hydrogen-bond acceptors (Lipinski definition) is 3. The Morgan fingerprint density at radius 1 is 1.19 bits per heavy atom. The number of rotatable bonds is 8. The van der Waals surface area contributed by atoms with Crippen molar-refractivity contribution in [3.8, 4) is 5.75 Å². The second kappa shape index (κ2) is 9.44. The molecule has 118 valence electrons. The summed E-state index contributed by atoms with van der Waals surface area (Å²) < 4.78 is 6.94. The highest BCUT2D eigenvalue weighted by molar-refractivity contribution is 9.10. The van der Waals surface area contributed by atoms with Crippen molar-refractivity contribution in [1.29, 1.82) is 0 Å². The molecule has 1 fully saturated rings. The predicted molar refractivity (Wildman–Crippen MR) is 92.0 cm³/mol. The van der Waals surface area contributed by atoms with Gasteiger partial charge in [0.05, 0.1) is 0 Å². The van der Waals surface area contributed by atoms with Crippen LogP contribution in [0, 0.1) is 5.92 Å². The van der Waals surface area contributed by atoms with Crippen molar-refractivity contribution in [2.75, 3.05) is 39.3 Å². The molecule has 0 atom stereocenters. The van der Waals surface area contributed by atoms with E-state index in [0.717, 1.165) is 29.3 Å². The molecule has 0 saturated carbocycles. The van der Waals surface area contributed by atoms with Gasteiger partial charge >= 0.3 is 0 Å². The Morgan fingerprint density at radius 3 is 2.57 bits per heavy atom. The van der Waals surface area contributed by atoms with Crippen LogP contribution in [-0.2, 0) is 0 Å². The Kier molecular flexibility index (Phi) is 7.54. The molecule has 1 aliphatic heterocycles. The molecule has 3 nitrogen and oxygen atoms in total. The van der Waals surface area contributed by atoms with E-state index in [9.17, 15) is 0 Å². The fourth-order valence-electron chi connectivity index (χ4n) is 2.86. The van der Waals surface area contributed by atoms with Crippen LogP contribution in [0.3, 0.4) is 0 Å². The number of benzene rings is 1. The molecule has 21 heavy (non-hydrogen) atoms. The second-order valence-electron chi connectivity index (χ2n) is 5.80. The Bertz CT molecular complexity index is 390. The van der Waals surface area contributed by atoms with Gasteiger partial charge in [-0.1, -0.05) is 22.9 Å². The highest BCUT2D eigenvalue weighted by atomic mass is 79.9. The summed E-state index contributed by atoms with van der Waals surface area (Å²) in [5, 5.41) is 3.44. The van der Waals surface area contributed by atoms with Crippen LogP contribution < -0.4 is 10.1 Å². The van der Waals surface area contributed by atoms with E-state index in [1.54, 1.807) is 0 Å². The largest absolute Gasteiger partial charge is 0.492 e. The molecule has 0 bridgehead atoms. The molecule has 1 heterocycles. The minimum absolute atomic E-state index is 0.770. The number of nitrogens with one attached hydrogen (secondary N) is 1. The zero-order chi connectivity index (χ0) is 14.9. The van der Waals surface area contributed by atoms with E-state index < -0.39 is 0 Å². The quantitative estimate of drug-likeness (QED) is 0.772. The minimum atomic E-state index is 0.770. The number of piperidine rings is 1. The molecule has 1 N–H and O–H groups in total. The van der Waals surface area contributed by atoms with Crippen LogP contribution in [0.5, 0.6) is 5.75 Å². The molecule has 1 aliphatic rings. The zero-order valence-electron chi connectivity index (χ0n) is 13.0. The normalized spacial score (nSPS) is 16.3. The van der Waals surface area contributed by atoms with Gasteiger partial charge in [0.25, 0.3) is 0 Å². The summed E-state index contributed by atoms with van der Waals surface area (Å²) in [6.45, 7) is 8.80. The van der Waals surface area contributed by atoms with Crippen molar-refractivity contribution in [2.24, 2.45) is 5.92 Å². The van der Waals surface area contributed by atoms with Gasteiger partial charge in [-0.15, -0.1) is 0 Å². The van der Waals surface area contributed by atoms with Crippen LogP contribution in [0.2, 0.25) is 0 Å². The first-order chi connectivity index (χ1) is 10.3. The lowest BCUT2D eigenvalue weighted by Crippen LogP contribution is -2.38. The SMILES string of the molecule is CCCN(CCOc1ccc(Br)cc1)CC1CCNCC1. The number of hydrogen-bond donors (Lipinski definition) is 1. The second-order valence-corrected chi connectivity index (χ2v) is 6.71. The molecule has 0 radical (unpaired) electrons. The van der Waals surface area contributed by atoms with Crippen LogP contribution in [-0.4, -0.2) is 44.2 Å². The van der Waals surface area contributed by atoms with Crippen LogP contribution in [0.25, 0.3) is 0 Å². The molecule has 0 aliphatic carbocycles. The molecule has 1 saturated heterocycles. The van der Waals surface area contributed by atoms with Crippen LogP contribution >= 0.6 is 15.9 Å². The van der Waals surface area contributed by atoms with Crippen LogP contribution in [0.1, 0.15) is 26.2 Å². The van der Waals surface area contributed by atoms with Gasteiger partial charge in [0.15, 0.2) is 0 Å². The van der Waals surface area contributed by atoms with Crippen molar-refractivity contribution in [3.05, 3.63) is 28.7 Å². The van der Waals surface area contributed by atoms with E-state index in [2.05, 4.69) is 33.1 Å². The van der Waals surface area contributed by atoms with Crippen molar-refractivity contribution in [2.45, 2.75) is 26.2 Å². The summed E-state index contributed by atoms with van der Waals surface area (Å²) >= 11 is 3.44. The Morgan fingerprint density at radius 2 is 1.90 bits per heavy atom. The fourth-order valence-corrected chi connectivity index (χ4v) is 3.13. The summed E-state index contributed by atoms with van der Waals surface area (Å²) in [6.07, 6.45) is 3.84. The van der Waals surface area contributed by atoms with E-state index in [-0.39, 0.29) is 0 Å². The Balaban J connectivity index is 1.72. The van der Waals surface area contributed by atoms with Gasteiger partial charge in [0.1, 0.15) is 12.4 Å². The third kappa shape index (κ3) is 6.37. The molecular formula is C17H27BrN2O. The first kappa shape index (κ1) is 16.8. The van der Waals surface area contributed by atoms with Gasteiger partial charge in [0.2, 0.25) is 0 Å². The summed E-state index contributed by atoms with van der Waals surface area (Å²) in [6, 6.07) is 8.07. The monoisotopic (exact) mass is 354 g/mol. The average Bonchev–Trinajstić information content (AvgIpc) is 2.50. The van der Waals surface area contributed by atoms with Gasteiger partial charge in [0, 0.05) is 17.6 Å². The van der Waals surface area contributed by atoms with Crippen molar-refractivity contribution >= 4 is 15.9 Å². The van der Waals surface area contributed by atoms with Gasteiger partial charge in [-0.2, -0.15) is 0 Å². The molecule has 1 aromatic carbocycles. The minimum Gasteiger partial charge on any atom is -0.492 e. The summed E-state index contributed by atoms with van der Waals surface area (Å²) in [7, 11) is 0. The van der Waals surface area contributed by atoms with E-state index in [4.69, 9.17) is 4.74 Å². The van der Waals surface area contributed by atoms with Gasteiger partial charge in [-0.25, -0.2) is 0 Å². The summed E-state index contributed by atoms with van der Waals surface area (Å²) in [5.41, 5.74) is 0. The summed E-state index contributed by atoms with van der Waals surface area (Å²) in [4.78, 5) is 2.56. The molecule has 0 spiro atoms. The maximum Gasteiger partial charge on any atom is 0.119 e. The predicted octanol–water partition coefficient (Wildman–Crippen LogP) is 3.54. The standard InChI is InChI=1S/C17H27BrN2O/c1-2-11-20(14-15-7-9-19-10-8-15)12-13-21-17-5-3-16(18)4-6-17/h3-6,15,19H,2,7-14H2,1H3. The maximum atomic E-state index is 5.85. The Labute approximate surface area is 137 Å². The first-order valence-electron chi connectivity index (χ1n) is 8.09. The van der Waals surface area contributed by atoms with E-state index in [1.165, 1.54) is 45.4 Å². The van der Waals surface area contributed by atoms with Crippen LogP contribution in [0.4, 0.5) is 0 Å². The highest BCUT2D eigenvalue weighted by Crippen LogP contribution is 2.17. The highest BCUT2D eigenvalue weighted by Gasteiger charge is 2.16. The van der Waals surface area contributed by atoms with E-state index in [1.807, 2.05) is 24.3 Å². The number of halogens is 1. The van der Waals surface area contributed by atoms with E-state index in [0.29, 0.717) is 0 Å². The fraction of sp³-hybridized carbons (Fsp3) is 0.647. The molecule has 0 aromatic heterocycles. The smallest absolute Gasteiger partial charge is 0.119 e. The van der Waals surface area contributed by atoms with Crippen molar-refractivity contribution in [3.63, 3.8) is 0 Å². The first-order valence-corrected chi connectivity index (χ1v) is 8.88. The maximum absolute atomic E-state index is 5.85. The van der Waals surface area contributed by atoms with Crippen molar-refractivity contribution < 1.29 is 4.74 Å². The molecule has 0 unspecified atom stereocenters. The topological polar surface area (TPSA) is 24.5 Å². The third-order valence-electron chi connectivity index (χ3n) is 4.00. The van der Waals surface area contributed by atoms with Gasteiger partial charge in [-0.05, 0) is 69.1 Å². The Hall–Kier alpha value is -0.580. The molecule has 0 amide bonds. The molecule has 1 aromatic rings.